The van der Waals surface area contributed by atoms with E-state index in [9.17, 15) is 10.1 Å². The van der Waals surface area contributed by atoms with Crippen molar-refractivity contribution in [3.8, 4) is 34.7 Å². The van der Waals surface area contributed by atoms with Crippen LogP contribution in [0.5, 0.6) is 17.4 Å². The SMILES string of the molecule is COc1cc([C@@H]2C(C#N)=C(N)Oc3n[nH]c(-c4cccnc4)c32)ccc1OCC(N)=O. The molecule has 1 atom stereocenters. The molecule has 0 aliphatic carbocycles. The van der Waals surface area contributed by atoms with Gasteiger partial charge in [0.1, 0.15) is 11.6 Å². The number of allylic oxidation sites excluding steroid dienone is 1. The highest BCUT2D eigenvalue weighted by atomic mass is 16.5. The van der Waals surface area contributed by atoms with Gasteiger partial charge in [-0.3, -0.25) is 14.9 Å². The molecule has 0 unspecified atom stereocenters. The van der Waals surface area contributed by atoms with Crippen molar-refractivity contribution < 1.29 is 19.0 Å². The summed E-state index contributed by atoms with van der Waals surface area (Å²) in [5, 5.41) is 17.0. The number of rotatable bonds is 6. The zero-order chi connectivity index (χ0) is 22.0. The Hall–Kier alpha value is -4.52. The highest BCUT2D eigenvalue weighted by Gasteiger charge is 2.36. The van der Waals surface area contributed by atoms with E-state index in [4.69, 9.17) is 25.7 Å². The van der Waals surface area contributed by atoms with Gasteiger partial charge < -0.3 is 25.7 Å². The lowest BCUT2D eigenvalue weighted by Crippen LogP contribution is -2.21. The van der Waals surface area contributed by atoms with Gasteiger partial charge in [-0.05, 0) is 29.8 Å². The number of aromatic amines is 1. The van der Waals surface area contributed by atoms with Crippen molar-refractivity contribution >= 4 is 5.91 Å². The average molecular weight is 418 g/mol. The fourth-order valence-electron chi connectivity index (χ4n) is 3.44. The standard InChI is InChI=1S/C21H18N6O4/c1-29-15-7-11(4-5-14(15)30-10-16(23)28)17-13(8-22)20(24)31-21-18(17)19(26-27-21)12-3-2-6-25-9-12/h2-7,9,17H,10,24H2,1H3,(H2,23,28)(H,26,27)/t17-/m1/s1. The summed E-state index contributed by atoms with van der Waals surface area (Å²) in [7, 11) is 1.47. The van der Waals surface area contributed by atoms with Crippen LogP contribution in [0.1, 0.15) is 17.0 Å². The topological polar surface area (TPSA) is 162 Å². The fourth-order valence-corrected chi connectivity index (χ4v) is 3.44. The molecule has 0 spiro atoms. The minimum absolute atomic E-state index is 0.0303. The van der Waals surface area contributed by atoms with Crippen LogP contribution in [0.15, 0.2) is 54.2 Å². The summed E-state index contributed by atoms with van der Waals surface area (Å²) in [6, 6.07) is 10.9. The molecule has 0 saturated carbocycles. The first kappa shape index (κ1) is 19.8. The molecule has 1 aromatic carbocycles. The minimum Gasteiger partial charge on any atom is -0.493 e. The number of amides is 1. The normalized spacial score (nSPS) is 14.9. The van der Waals surface area contributed by atoms with Crippen LogP contribution in [-0.4, -0.2) is 34.8 Å². The van der Waals surface area contributed by atoms with E-state index in [0.717, 1.165) is 5.56 Å². The lowest BCUT2D eigenvalue weighted by atomic mass is 9.83. The van der Waals surface area contributed by atoms with Crippen molar-refractivity contribution in [1.29, 1.82) is 5.26 Å². The number of H-pyrrole nitrogens is 1. The number of nitrogens with two attached hydrogens (primary N) is 2. The molecule has 4 rings (SSSR count). The molecule has 0 fully saturated rings. The third kappa shape index (κ3) is 3.60. The number of nitriles is 1. The van der Waals surface area contributed by atoms with E-state index >= 15 is 0 Å². The Morgan fingerprint density at radius 2 is 2.19 bits per heavy atom. The van der Waals surface area contributed by atoms with Crippen molar-refractivity contribution in [3.63, 3.8) is 0 Å². The summed E-state index contributed by atoms with van der Waals surface area (Å²) in [6.45, 7) is -0.291. The number of nitrogens with one attached hydrogen (secondary N) is 1. The molecule has 1 amide bonds. The van der Waals surface area contributed by atoms with Crippen molar-refractivity contribution in [2.75, 3.05) is 13.7 Å². The third-order valence-electron chi connectivity index (χ3n) is 4.78. The summed E-state index contributed by atoms with van der Waals surface area (Å²) in [5.74, 6) is -0.240. The zero-order valence-corrected chi connectivity index (χ0v) is 16.5. The monoisotopic (exact) mass is 418 g/mol. The van der Waals surface area contributed by atoms with Crippen molar-refractivity contribution in [1.82, 2.24) is 15.2 Å². The molecule has 31 heavy (non-hydrogen) atoms. The smallest absolute Gasteiger partial charge is 0.255 e. The van der Waals surface area contributed by atoms with E-state index in [1.165, 1.54) is 7.11 Å². The third-order valence-corrected chi connectivity index (χ3v) is 4.78. The Morgan fingerprint density at radius 3 is 2.87 bits per heavy atom. The zero-order valence-electron chi connectivity index (χ0n) is 16.5. The van der Waals surface area contributed by atoms with Crippen LogP contribution >= 0.6 is 0 Å². The summed E-state index contributed by atoms with van der Waals surface area (Å²) in [4.78, 5) is 15.2. The van der Waals surface area contributed by atoms with E-state index in [0.29, 0.717) is 28.3 Å². The number of carbonyl (C=O) groups is 1. The van der Waals surface area contributed by atoms with Gasteiger partial charge in [0.15, 0.2) is 18.1 Å². The highest BCUT2D eigenvalue weighted by molar-refractivity contribution is 5.75. The maximum Gasteiger partial charge on any atom is 0.255 e. The van der Waals surface area contributed by atoms with E-state index in [2.05, 4.69) is 21.3 Å². The Bertz CT molecular complexity index is 1210. The lowest BCUT2D eigenvalue weighted by molar-refractivity contribution is -0.119. The second-order valence-electron chi connectivity index (χ2n) is 6.65. The van der Waals surface area contributed by atoms with E-state index in [1.807, 2.05) is 6.07 Å². The number of hydrogen-bond acceptors (Lipinski definition) is 8. The number of pyridine rings is 1. The van der Waals surface area contributed by atoms with Gasteiger partial charge in [-0.25, -0.2) is 0 Å². The summed E-state index contributed by atoms with van der Waals surface area (Å²) >= 11 is 0. The molecule has 2 aromatic heterocycles. The van der Waals surface area contributed by atoms with E-state index in [-0.39, 0.29) is 23.9 Å². The van der Waals surface area contributed by atoms with Gasteiger partial charge in [-0.2, -0.15) is 5.26 Å². The molecular formula is C21H18N6O4. The van der Waals surface area contributed by atoms with E-state index in [1.54, 1.807) is 36.7 Å². The molecule has 0 radical (unpaired) electrons. The predicted molar refractivity (Wildman–Crippen MR) is 109 cm³/mol. The highest BCUT2D eigenvalue weighted by Crippen LogP contribution is 2.46. The van der Waals surface area contributed by atoms with Crippen molar-refractivity contribution in [2.45, 2.75) is 5.92 Å². The van der Waals surface area contributed by atoms with Crippen LogP contribution in [0.2, 0.25) is 0 Å². The quantitative estimate of drug-likeness (QED) is 0.543. The number of nitrogens with zero attached hydrogens (tertiary/aromatic N) is 3. The molecule has 3 aromatic rings. The van der Waals surface area contributed by atoms with Crippen LogP contribution in [0.3, 0.4) is 0 Å². The number of aromatic nitrogens is 3. The Labute approximate surface area is 177 Å². The molecule has 0 bridgehead atoms. The molecular weight excluding hydrogens is 400 g/mol. The number of hydrogen-bond donors (Lipinski definition) is 3. The molecule has 1 aliphatic heterocycles. The van der Waals surface area contributed by atoms with Crippen molar-refractivity contribution in [3.05, 3.63) is 65.3 Å². The molecule has 156 valence electrons. The fraction of sp³-hybridized carbons (Fsp3) is 0.143. The average Bonchev–Trinajstić information content (AvgIpc) is 3.20. The van der Waals surface area contributed by atoms with Crippen LogP contribution in [0, 0.1) is 11.3 Å². The van der Waals surface area contributed by atoms with E-state index < -0.39 is 11.8 Å². The maximum atomic E-state index is 11.1. The van der Waals surface area contributed by atoms with Crippen LogP contribution in [-0.2, 0) is 4.79 Å². The predicted octanol–water partition coefficient (Wildman–Crippen LogP) is 1.56. The van der Waals surface area contributed by atoms with Gasteiger partial charge in [0.2, 0.25) is 11.8 Å². The number of primary amides is 1. The molecule has 0 saturated heterocycles. The molecule has 3 heterocycles. The van der Waals surface area contributed by atoms with Crippen LogP contribution < -0.4 is 25.7 Å². The Balaban J connectivity index is 1.85. The number of carbonyl (C=O) groups excluding carboxylic acids is 1. The first-order valence-corrected chi connectivity index (χ1v) is 9.18. The van der Waals surface area contributed by atoms with Gasteiger partial charge >= 0.3 is 0 Å². The van der Waals surface area contributed by atoms with Gasteiger partial charge in [0, 0.05) is 18.0 Å². The van der Waals surface area contributed by atoms with Crippen molar-refractivity contribution in [2.24, 2.45) is 11.5 Å². The number of fused-ring (bicyclic) bond motifs is 1. The molecule has 10 nitrogen and oxygen atoms in total. The van der Waals surface area contributed by atoms with Gasteiger partial charge in [-0.1, -0.05) is 6.07 Å². The molecule has 1 aliphatic rings. The summed E-state index contributed by atoms with van der Waals surface area (Å²) in [5.41, 5.74) is 14.2. The summed E-state index contributed by atoms with van der Waals surface area (Å²) < 4.78 is 16.4. The number of ether oxygens (including phenoxy) is 3. The van der Waals surface area contributed by atoms with Gasteiger partial charge in [0.05, 0.1) is 24.3 Å². The second kappa shape index (κ2) is 8.08. The first-order chi connectivity index (χ1) is 15.0. The molecule has 10 heteroatoms. The lowest BCUT2D eigenvalue weighted by Gasteiger charge is -2.24. The minimum atomic E-state index is -0.609. The Morgan fingerprint density at radius 1 is 1.35 bits per heavy atom. The van der Waals surface area contributed by atoms with Crippen LogP contribution in [0.4, 0.5) is 0 Å². The number of methoxy groups -OCH3 is 1. The largest absolute Gasteiger partial charge is 0.493 e. The van der Waals surface area contributed by atoms with Crippen LogP contribution in [0.25, 0.3) is 11.3 Å². The number of benzene rings is 1. The molecule has 5 N–H and O–H groups in total. The Kier molecular flexibility index (Phi) is 5.15. The first-order valence-electron chi connectivity index (χ1n) is 9.18. The second-order valence-corrected chi connectivity index (χ2v) is 6.65. The van der Waals surface area contributed by atoms with Gasteiger partial charge in [-0.15, -0.1) is 5.10 Å². The summed E-state index contributed by atoms with van der Waals surface area (Å²) in [6.07, 6.45) is 3.34. The maximum absolute atomic E-state index is 11.1. The van der Waals surface area contributed by atoms with Gasteiger partial charge in [0.25, 0.3) is 5.91 Å².